The molecule has 1 saturated heterocycles. The van der Waals surface area contributed by atoms with Crippen molar-refractivity contribution in [2.24, 2.45) is 5.92 Å². The van der Waals surface area contributed by atoms with Crippen LogP contribution in [0.15, 0.2) is 91.0 Å². The van der Waals surface area contributed by atoms with Crippen LogP contribution in [0, 0.1) is 5.92 Å². The number of aliphatic hydroxyl groups is 1. The molecule has 10 nitrogen and oxygen atoms in total. The van der Waals surface area contributed by atoms with Crippen molar-refractivity contribution in [1.29, 1.82) is 0 Å². The van der Waals surface area contributed by atoms with E-state index in [1.54, 1.807) is 0 Å². The molecule has 3 aromatic carbocycles. The number of carbonyl (C=O) groups excluding carboxylic acids is 3. The lowest BCUT2D eigenvalue weighted by molar-refractivity contribution is -0.180. The van der Waals surface area contributed by atoms with Gasteiger partial charge in [-0.15, -0.1) is 0 Å². The van der Waals surface area contributed by atoms with Gasteiger partial charge in [-0.1, -0.05) is 105 Å². The van der Waals surface area contributed by atoms with E-state index < -0.39 is 41.5 Å². The van der Waals surface area contributed by atoms with Crippen LogP contribution in [0.5, 0.6) is 0 Å². The van der Waals surface area contributed by atoms with Gasteiger partial charge in [-0.3, -0.25) is 14.5 Å². The Morgan fingerprint density at radius 1 is 0.837 bits per heavy atom. The van der Waals surface area contributed by atoms with Gasteiger partial charge in [-0.05, 0) is 56.2 Å². The lowest BCUT2D eigenvalue weighted by Gasteiger charge is -2.40. The Kier molecular flexibility index (Phi) is 13.4. The first-order chi connectivity index (χ1) is 23.4. The predicted molar refractivity (Wildman–Crippen MR) is 189 cm³/mol. The van der Waals surface area contributed by atoms with E-state index in [0.717, 1.165) is 16.7 Å². The summed E-state index contributed by atoms with van der Waals surface area (Å²) in [4.78, 5) is 42.4. The van der Waals surface area contributed by atoms with E-state index in [9.17, 15) is 19.5 Å². The van der Waals surface area contributed by atoms with Gasteiger partial charge in [-0.2, -0.15) is 0 Å². The van der Waals surface area contributed by atoms with Crippen molar-refractivity contribution < 1.29 is 29.0 Å². The normalized spacial score (nSPS) is 18.3. The Labute approximate surface area is 290 Å². The number of aliphatic hydroxyl groups excluding tert-OH is 1. The van der Waals surface area contributed by atoms with Gasteiger partial charge in [0.25, 0.3) is 5.91 Å². The van der Waals surface area contributed by atoms with Crippen molar-refractivity contribution in [3.8, 4) is 0 Å². The van der Waals surface area contributed by atoms with Crippen molar-refractivity contribution in [2.75, 3.05) is 13.1 Å². The average Bonchev–Trinajstić information content (AvgIpc) is 3.48. The fraction of sp³-hybridized carbons (Fsp3) is 0.462. The van der Waals surface area contributed by atoms with Gasteiger partial charge in [0.2, 0.25) is 11.6 Å². The van der Waals surface area contributed by atoms with Crippen LogP contribution in [0.4, 0.5) is 4.79 Å². The van der Waals surface area contributed by atoms with E-state index in [-0.39, 0.29) is 31.6 Å². The maximum Gasteiger partial charge on any atom is 0.408 e. The van der Waals surface area contributed by atoms with Gasteiger partial charge in [0, 0.05) is 25.0 Å². The van der Waals surface area contributed by atoms with Crippen LogP contribution < -0.4 is 16.0 Å². The largest absolute Gasteiger partial charge is 0.445 e. The molecule has 0 spiro atoms. The summed E-state index contributed by atoms with van der Waals surface area (Å²) in [6.07, 6.45) is -0.313. The number of hydrogen-bond acceptors (Lipinski definition) is 7. The fourth-order valence-electron chi connectivity index (χ4n) is 5.99. The molecule has 1 heterocycles. The Bertz CT molecular complexity index is 1480. The Hall–Kier alpha value is -4.25. The SMILES string of the molecule is CC(C)[C@H](NC(=O)OCc1ccccc1)C(=O)N[C@@H](Cc1ccccc1)[C@H](O)CN1CCC[C@]1(OCc1ccccc1)C(=O)NC(C)(C)C. The number of nitrogens with one attached hydrogen (secondary N) is 3. The van der Waals surface area contributed by atoms with E-state index >= 15 is 0 Å². The van der Waals surface area contributed by atoms with Crippen LogP contribution in [0.1, 0.15) is 64.2 Å². The summed E-state index contributed by atoms with van der Waals surface area (Å²) in [5.41, 5.74) is 0.868. The molecular formula is C39H52N4O6. The lowest BCUT2D eigenvalue weighted by Crippen LogP contribution is -2.63. The van der Waals surface area contributed by atoms with Crippen molar-refractivity contribution in [3.63, 3.8) is 0 Å². The minimum Gasteiger partial charge on any atom is -0.445 e. The molecule has 0 radical (unpaired) electrons. The predicted octanol–water partition coefficient (Wildman–Crippen LogP) is 4.95. The van der Waals surface area contributed by atoms with E-state index in [0.29, 0.717) is 25.8 Å². The monoisotopic (exact) mass is 672 g/mol. The zero-order valence-electron chi connectivity index (χ0n) is 29.4. The van der Waals surface area contributed by atoms with Crippen molar-refractivity contribution in [2.45, 2.75) is 96.5 Å². The highest BCUT2D eigenvalue weighted by molar-refractivity contribution is 5.86. The number of nitrogens with zero attached hydrogens (tertiary/aromatic N) is 1. The molecule has 10 heteroatoms. The summed E-state index contributed by atoms with van der Waals surface area (Å²) in [5, 5.41) is 20.7. The summed E-state index contributed by atoms with van der Waals surface area (Å²) in [7, 11) is 0. The minimum atomic E-state index is -1.31. The number of rotatable bonds is 15. The lowest BCUT2D eigenvalue weighted by atomic mass is 9.97. The average molecular weight is 673 g/mol. The van der Waals surface area contributed by atoms with E-state index in [1.807, 2.05) is 131 Å². The van der Waals surface area contributed by atoms with E-state index in [1.165, 1.54) is 0 Å². The van der Waals surface area contributed by atoms with Gasteiger partial charge >= 0.3 is 6.09 Å². The molecule has 0 saturated carbocycles. The summed E-state index contributed by atoms with van der Waals surface area (Å²) in [5.74, 6) is -0.968. The number of β-amino-alcohol motifs (C(OH)–C–C–N with tert-alkyl or cyclic N) is 1. The zero-order valence-corrected chi connectivity index (χ0v) is 29.4. The molecule has 264 valence electrons. The molecule has 4 atom stereocenters. The first-order valence-corrected chi connectivity index (χ1v) is 17.1. The third kappa shape index (κ3) is 11.1. The van der Waals surface area contributed by atoms with Crippen LogP contribution in [-0.4, -0.2) is 70.5 Å². The quantitative estimate of drug-likeness (QED) is 0.180. The molecule has 3 aromatic rings. The summed E-state index contributed by atoms with van der Waals surface area (Å²) in [6.45, 7) is 10.3. The Balaban J connectivity index is 1.52. The standard InChI is InChI=1S/C39H52N4O6/c1-28(2)34(41-37(47)48-26-30-18-11-7-12-19-30)35(45)40-32(24-29-16-9-6-10-17-29)33(44)25-43-23-15-22-39(43,36(46)42-38(3,4)5)49-27-31-20-13-8-14-21-31/h6-14,16-21,28,32-34,44H,15,22-27H2,1-5H3,(H,40,45)(H,41,47)(H,42,46)/t32-,33+,34-,39-/m0/s1. The van der Waals surface area contributed by atoms with Crippen LogP contribution in [0.25, 0.3) is 0 Å². The van der Waals surface area contributed by atoms with Crippen molar-refractivity contribution in [1.82, 2.24) is 20.9 Å². The zero-order chi connectivity index (χ0) is 35.4. The van der Waals surface area contributed by atoms with Crippen molar-refractivity contribution in [3.05, 3.63) is 108 Å². The van der Waals surface area contributed by atoms with Gasteiger partial charge in [-0.25, -0.2) is 4.79 Å². The smallest absolute Gasteiger partial charge is 0.408 e. The number of likely N-dealkylation sites (tertiary alicyclic amines) is 1. The Morgan fingerprint density at radius 2 is 1.39 bits per heavy atom. The molecule has 4 rings (SSSR count). The van der Waals surface area contributed by atoms with Crippen molar-refractivity contribution >= 4 is 17.9 Å². The number of alkyl carbamates (subject to hydrolysis) is 1. The number of ether oxygens (including phenoxy) is 2. The molecule has 0 aromatic heterocycles. The topological polar surface area (TPSA) is 129 Å². The van der Waals surface area contributed by atoms with Crippen LogP contribution in [0.2, 0.25) is 0 Å². The maximum absolute atomic E-state index is 14.0. The summed E-state index contributed by atoms with van der Waals surface area (Å²) < 4.78 is 11.9. The Morgan fingerprint density at radius 3 is 1.94 bits per heavy atom. The van der Waals surface area contributed by atoms with E-state index in [4.69, 9.17) is 9.47 Å². The highest BCUT2D eigenvalue weighted by Gasteiger charge is 2.50. The molecular weight excluding hydrogens is 620 g/mol. The first kappa shape index (κ1) is 37.6. The number of carbonyl (C=O) groups is 3. The second-order valence-corrected chi connectivity index (χ2v) is 14.1. The second-order valence-electron chi connectivity index (χ2n) is 14.1. The minimum absolute atomic E-state index is 0.0706. The maximum atomic E-state index is 14.0. The molecule has 1 aliphatic heterocycles. The van der Waals surface area contributed by atoms with Crippen LogP contribution >= 0.6 is 0 Å². The van der Waals surface area contributed by atoms with Crippen LogP contribution in [0.3, 0.4) is 0 Å². The first-order valence-electron chi connectivity index (χ1n) is 17.1. The summed E-state index contributed by atoms with van der Waals surface area (Å²) >= 11 is 0. The third-order valence-electron chi connectivity index (χ3n) is 8.55. The molecule has 1 fully saturated rings. The number of hydrogen-bond donors (Lipinski definition) is 4. The fourth-order valence-corrected chi connectivity index (χ4v) is 5.99. The van der Waals surface area contributed by atoms with Crippen LogP contribution in [-0.2, 0) is 38.7 Å². The molecule has 0 unspecified atom stereocenters. The summed E-state index contributed by atoms with van der Waals surface area (Å²) in [6, 6.07) is 26.9. The number of benzene rings is 3. The molecule has 0 bridgehead atoms. The molecule has 49 heavy (non-hydrogen) atoms. The van der Waals surface area contributed by atoms with Gasteiger partial charge in [0.05, 0.1) is 18.8 Å². The highest BCUT2D eigenvalue weighted by Crippen LogP contribution is 2.33. The number of amides is 3. The second kappa shape index (κ2) is 17.4. The van der Waals surface area contributed by atoms with E-state index in [2.05, 4.69) is 16.0 Å². The molecule has 3 amide bonds. The molecule has 1 aliphatic rings. The van der Waals surface area contributed by atoms with Gasteiger partial charge < -0.3 is 30.5 Å². The molecule has 4 N–H and O–H groups in total. The highest BCUT2D eigenvalue weighted by atomic mass is 16.5. The van der Waals surface area contributed by atoms with Gasteiger partial charge in [0.1, 0.15) is 12.6 Å². The van der Waals surface area contributed by atoms with Gasteiger partial charge in [0.15, 0.2) is 0 Å². The molecule has 0 aliphatic carbocycles. The third-order valence-corrected chi connectivity index (χ3v) is 8.55.